The molecule has 0 radical (unpaired) electrons. The molecule has 0 spiro atoms. The predicted octanol–water partition coefficient (Wildman–Crippen LogP) is 4.43. The molecule has 2 aromatic heterocycles. The lowest BCUT2D eigenvalue weighted by Crippen LogP contribution is -2.46. The van der Waals surface area contributed by atoms with E-state index in [1.54, 1.807) is 11.3 Å². The quantitative estimate of drug-likeness (QED) is 0.687. The lowest BCUT2D eigenvalue weighted by atomic mass is 9.79. The molecule has 3 heterocycles. The Labute approximate surface area is 173 Å². The minimum Gasteiger partial charge on any atom is -0.389 e. The van der Waals surface area contributed by atoms with E-state index in [0.29, 0.717) is 11.6 Å². The number of rotatable bonds is 4. The van der Waals surface area contributed by atoms with Crippen molar-refractivity contribution in [2.45, 2.75) is 44.1 Å². The van der Waals surface area contributed by atoms with Crippen LogP contribution in [0.15, 0.2) is 36.8 Å². The van der Waals surface area contributed by atoms with E-state index < -0.39 is 6.09 Å². The molecule has 0 unspecified atom stereocenters. The number of hydrogen-bond donors (Lipinski definition) is 1. The second kappa shape index (κ2) is 8.04. The summed E-state index contributed by atoms with van der Waals surface area (Å²) in [5, 5.41) is 3.96. The summed E-state index contributed by atoms with van der Waals surface area (Å²) in [6, 6.07) is 6.49. The summed E-state index contributed by atoms with van der Waals surface area (Å²) in [5.74, 6) is 0.733. The number of amides is 1. The van der Waals surface area contributed by atoms with Crippen molar-refractivity contribution in [3.63, 3.8) is 0 Å². The molecule has 3 aromatic rings. The maximum absolute atomic E-state index is 12.1. The minimum atomic E-state index is -0.585. The van der Waals surface area contributed by atoms with Gasteiger partial charge in [-0.05, 0) is 57.0 Å². The number of nitrogens with one attached hydrogen (secondary N) is 1. The standard InChI is InChI=1S/C21H23N5O2S/c27-21(28-19-13-22-6-7-23-19)24-15-4-5-17-18(12-15)29-20(25-17)14-10-16(11-14)26-8-2-1-3-9-26/h4-7,12-14,16H,1-3,8-11H2,(H,24,27)/t14-,16-. The molecule has 2 aliphatic rings. The molecule has 29 heavy (non-hydrogen) atoms. The van der Waals surface area contributed by atoms with Crippen molar-refractivity contribution in [3.8, 4) is 5.88 Å². The SMILES string of the molecule is O=C(Nc1ccc2nc([C@H]3C[C@H](N4CCCCC4)C3)sc2c1)Oc1cnccn1. The van der Waals surface area contributed by atoms with Crippen molar-refractivity contribution in [1.82, 2.24) is 19.9 Å². The van der Waals surface area contributed by atoms with Crippen molar-refractivity contribution in [1.29, 1.82) is 0 Å². The molecule has 1 N–H and O–H groups in total. The zero-order valence-electron chi connectivity index (χ0n) is 16.1. The summed E-state index contributed by atoms with van der Waals surface area (Å²) >= 11 is 1.73. The minimum absolute atomic E-state index is 0.166. The summed E-state index contributed by atoms with van der Waals surface area (Å²) in [4.78, 5) is 27.4. The molecule has 1 amide bonds. The summed E-state index contributed by atoms with van der Waals surface area (Å²) < 4.78 is 6.21. The molecule has 0 atom stereocenters. The maximum atomic E-state index is 12.1. The molecular formula is C21H23N5O2S. The van der Waals surface area contributed by atoms with Crippen molar-refractivity contribution < 1.29 is 9.53 Å². The summed E-state index contributed by atoms with van der Waals surface area (Å²) in [6.45, 7) is 2.52. The van der Waals surface area contributed by atoms with Gasteiger partial charge in [0.05, 0.1) is 21.4 Å². The Kier molecular flexibility index (Phi) is 5.12. The van der Waals surface area contributed by atoms with E-state index in [9.17, 15) is 4.79 Å². The van der Waals surface area contributed by atoms with Gasteiger partial charge in [0.25, 0.3) is 0 Å². The maximum Gasteiger partial charge on any atom is 0.418 e. The van der Waals surface area contributed by atoms with Crippen molar-refractivity contribution in [2.75, 3.05) is 18.4 Å². The molecule has 1 aliphatic heterocycles. The molecule has 1 saturated heterocycles. The molecule has 2 fully saturated rings. The fourth-order valence-electron chi connectivity index (χ4n) is 4.14. The topological polar surface area (TPSA) is 80.2 Å². The van der Waals surface area contributed by atoms with Crippen molar-refractivity contribution in [2.24, 2.45) is 0 Å². The normalized spacial score (nSPS) is 22.2. The molecular weight excluding hydrogens is 386 g/mol. The molecule has 150 valence electrons. The Morgan fingerprint density at radius 2 is 2.03 bits per heavy atom. The summed E-state index contributed by atoms with van der Waals surface area (Å²) in [6.07, 6.45) is 10.3. The van der Waals surface area contributed by atoms with E-state index in [1.807, 2.05) is 18.2 Å². The first kappa shape index (κ1) is 18.4. The van der Waals surface area contributed by atoms with Gasteiger partial charge in [0.1, 0.15) is 0 Å². The lowest BCUT2D eigenvalue weighted by Gasteiger charge is -2.43. The molecule has 1 aromatic carbocycles. The number of hydrogen-bond acceptors (Lipinski definition) is 7. The van der Waals surface area contributed by atoms with E-state index in [0.717, 1.165) is 16.3 Å². The van der Waals surface area contributed by atoms with E-state index in [2.05, 4.69) is 20.2 Å². The average Bonchev–Trinajstić information content (AvgIpc) is 3.11. The average molecular weight is 410 g/mol. The Balaban J connectivity index is 1.22. The van der Waals surface area contributed by atoms with E-state index in [-0.39, 0.29) is 5.88 Å². The first-order chi connectivity index (χ1) is 14.2. The lowest BCUT2D eigenvalue weighted by molar-refractivity contribution is 0.0888. The number of piperidine rings is 1. The zero-order valence-corrected chi connectivity index (χ0v) is 16.9. The Hall–Kier alpha value is -2.58. The Morgan fingerprint density at radius 1 is 1.17 bits per heavy atom. The van der Waals surface area contributed by atoms with Crippen molar-refractivity contribution >= 4 is 33.3 Å². The second-order valence-electron chi connectivity index (χ2n) is 7.71. The Bertz CT molecular complexity index is 997. The van der Waals surface area contributed by atoms with Crippen LogP contribution < -0.4 is 10.1 Å². The van der Waals surface area contributed by atoms with Crippen LogP contribution in [0, 0.1) is 0 Å². The van der Waals surface area contributed by atoms with Gasteiger partial charge in [0.15, 0.2) is 0 Å². The number of anilines is 1. The third kappa shape index (κ3) is 4.09. The van der Waals surface area contributed by atoms with Gasteiger partial charge in [-0.1, -0.05) is 6.42 Å². The van der Waals surface area contributed by atoms with Crippen LogP contribution in [-0.2, 0) is 0 Å². The van der Waals surface area contributed by atoms with Crippen LogP contribution in [0.1, 0.15) is 43.0 Å². The largest absolute Gasteiger partial charge is 0.418 e. The number of nitrogens with zero attached hydrogens (tertiary/aromatic N) is 4. The van der Waals surface area contributed by atoms with Gasteiger partial charge in [-0.2, -0.15) is 0 Å². The van der Waals surface area contributed by atoms with Gasteiger partial charge in [-0.3, -0.25) is 10.3 Å². The number of likely N-dealkylation sites (tertiary alicyclic amines) is 1. The number of benzene rings is 1. The van der Waals surface area contributed by atoms with Crippen LogP contribution >= 0.6 is 11.3 Å². The van der Waals surface area contributed by atoms with Crippen LogP contribution in [0.5, 0.6) is 5.88 Å². The highest BCUT2D eigenvalue weighted by Gasteiger charge is 2.36. The number of carbonyl (C=O) groups excluding carboxylic acids is 1. The number of thiazole rings is 1. The highest BCUT2D eigenvalue weighted by atomic mass is 32.1. The highest BCUT2D eigenvalue weighted by Crippen LogP contribution is 2.43. The summed E-state index contributed by atoms with van der Waals surface area (Å²) in [5.41, 5.74) is 1.67. The monoisotopic (exact) mass is 409 g/mol. The van der Waals surface area contributed by atoms with Gasteiger partial charge >= 0.3 is 6.09 Å². The van der Waals surface area contributed by atoms with Crippen LogP contribution in [0.3, 0.4) is 0 Å². The van der Waals surface area contributed by atoms with Gasteiger partial charge in [0.2, 0.25) is 5.88 Å². The molecule has 7 nitrogen and oxygen atoms in total. The number of fused-ring (bicyclic) bond motifs is 1. The molecule has 1 aliphatic carbocycles. The van der Waals surface area contributed by atoms with Crippen LogP contribution in [0.2, 0.25) is 0 Å². The molecule has 1 saturated carbocycles. The first-order valence-corrected chi connectivity index (χ1v) is 11.0. The number of ether oxygens (including phenoxy) is 1. The second-order valence-corrected chi connectivity index (χ2v) is 8.77. The zero-order chi connectivity index (χ0) is 19.6. The highest BCUT2D eigenvalue weighted by molar-refractivity contribution is 7.18. The predicted molar refractivity (Wildman–Crippen MR) is 112 cm³/mol. The van der Waals surface area contributed by atoms with Crippen LogP contribution in [0.4, 0.5) is 10.5 Å². The van der Waals surface area contributed by atoms with E-state index in [1.165, 1.54) is 68.8 Å². The third-order valence-electron chi connectivity index (χ3n) is 5.76. The molecule has 0 bridgehead atoms. The van der Waals surface area contributed by atoms with Crippen LogP contribution in [-0.4, -0.2) is 45.1 Å². The third-order valence-corrected chi connectivity index (χ3v) is 6.94. The summed E-state index contributed by atoms with van der Waals surface area (Å²) in [7, 11) is 0. The Morgan fingerprint density at radius 3 is 2.83 bits per heavy atom. The van der Waals surface area contributed by atoms with E-state index >= 15 is 0 Å². The van der Waals surface area contributed by atoms with Crippen molar-refractivity contribution in [3.05, 3.63) is 41.8 Å². The molecule has 8 heteroatoms. The van der Waals surface area contributed by atoms with Gasteiger partial charge in [0, 0.05) is 30.0 Å². The van der Waals surface area contributed by atoms with Gasteiger partial charge < -0.3 is 9.64 Å². The fraction of sp³-hybridized carbons (Fsp3) is 0.429. The number of carbonyl (C=O) groups is 1. The smallest absolute Gasteiger partial charge is 0.389 e. The number of aromatic nitrogens is 3. The fourth-order valence-corrected chi connectivity index (χ4v) is 5.27. The van der Waals surface area contributed by atoms with E-state index in [4.69, 9.17) is 9.72 Å². The van der Waals surface area contributed by atoms with Gasteiger partial charge in [-0.25, -0.2) is 14.8 Å². The molecule has 5 rings (SSSR count). The van der Waals surface area contributed by atoms with Crippen LogP contribution in [0.25, 0.3) is 10.2 Å². The first-order valence-electron chi connectivity index (χ1n) is 10.1. The van der Waals surface area contributed by atoms with Gasteiger partial charge in [-0.15, -0.1) is 11.3 Å².